The van der Waals surface area contributed by atoms with Gasteiger partial charge in [-0.1, -0.05) is 0 Å². The molecule has 9 heteroatoms. The topological polar surface area (TPSA) is 115 Å². The highest BCUT2D eigenvalue weighted by Crippen LogP contribution is 2.16. The number of sulfonamides is 1. The zero-order chi connectivity index (χ0) is 16.0. The van der Waals surface area contributed by atoms with Gasteiger partial charge in [-0.05, 0) is 13.0 Å². The zero-order valence-electron chi connectivity index (χ0n) is 12.3. The van der Waals surface area contributed by atoms with Crippen LogP contribution in [0.4, 0.5) is 11.5 Å². The summed E-state index contributed by atoms with van der Waals surface area (Å²) in [4.78, 5) is 15.8. The number of nitrogens with two attached hydrogens (primary N) is 1. The van der Waals surface area contributed by atoms with Gasteiger partial charge < -0.3 is 15.8 Å². The molecular formula is C12H20N4O4S. The van der Waals surface area contributed by atoms with Gasteiger partial charge in [0.15, 0.2) is 0 Å². The Labute approximate surface area is 124 Å². The number of hydrogen-bond acceptors (Lipinski definition) is 7. The second-order valence-corrected chi connectivity index (χ2v) is 6.71. The number of ether oxygens (including phenoxy) is 1. The molecular weight excluding hydrogens is 296 g/mol. The molecule has 0 bridgehead atoms. The number of hydrogen-bond donors (Lipinski definition) is 2. The molecule has 21 heavy (non-hydrogen) atoms. The van der Waals surface area contributed by atoms with Crippen molar-refractivity contribution in [3.05, 3.63) is 17.8 Å². The molecule has 1 heterocycles. The SMILES string of the molecule is CCOC(=O)c1cc(N)cnc1NCCS(=O)(=O)N(C)C. The number of anilines is 2. The lowest BCUT2D eigenvalue weighted by Gasteiger charge is -2.13. The molecule has 118 valence electrons. The van der Waals surface area contributed by atoms with E-state index >= 15 is 0 Å². The van der Waals surface area contributed by atoms with Gasteiger partial charge in [0.1, 0.15) is 11.4 Å². The van der Waals surface area contributed by atoms with Gasteiger partial charge in [0.2, 0.25) is 10.0 Å². The molecule has 0 aliphatic carbocycles. The summed E-state index contributed by atoms with van der Waals surface area (Å²) >= 11 is 0. The fraction of sp³-hybridized carbons (Fsp3) is 0.500. The molecule has 0 saturated heterocycles. The van der Waals surface area contributed by atoms with Crippen LogP contribution in [0.5, 0.6) is 0 Å². The van der Waals surface area contributed by atoms with E-state index in [4.69, 9.17) is 10.5 Å². The van der Waals surface area contributed by atoms with Crippen LogP contribution in [0.15, 0.2) is 12.3 Å². The van der Waals surface area contributed by atoms with E-state index < -0.39 is 16.0 Å². The van der Waals surface area contributed by atoms with E-state index in [1.165, 1.54) is 26.4 Å². The maximum atomic E-state index is 11.8. The summed E-state index contributed by atoms with van der Waals surface area (Å²) in [5.74, 6) is -0.430. The fourth-order valence-electron chi connectivity index (χ4n) is 1.47. The van der Waals surface area contributed by atoms with Crippen LogP contribution in [0.25, 0.3) is 0 Å². The van der Waals surface area contributed by atoms with Gasteiger partial charge in [0.05, 0.1) is 24.2 Å². The van der Waals surface area contributed by atoms with E-state index in [0.717, 1.165) is 4.31 Å². The van der Waals surface area contributed by atoms with Crippen LogP contribution in [0, 0.1) is 0 Å². The van der Waals surface area contributed by atoms with E-state index in [-0.39, 0.29) is 30.3 Å². The quantitative estimate of drug-likeness (QED) is 0.688. The van der Waals surface area contributed by atoms with Crippen LogP contribution in [0.3, 0.4) is 0 Å². The monoisotopic (exact) mass is 316 g/mol. The predicted molar refractivity (Wildman–Crippen MR) is 80.6 cm³/mol. The molecule has 0 amide bonds. The molecule has 1 aromatic heterocycles. The third-order valence-corrected chi connectivity index (χ3v) is 4.45. The summed E-state index contributed by atoms with van der Waals surface area (Å²) in [5.41, 5.74) is 6.10. The van der Waals surface area contributed by atoms with Gasteiger partial charge in [-0.15, -0.1) is 0 Å². The van der Waals surface area contributed by atoms with Gasteiger partial charge >= 0.3 is 5.97 Å². The van der Waals surface area contributed by atoms with Crippen molar-refractivity contribution >= 4 is 27.5 Å². The number of aromatic nitrogens is 1. The van der Waals surface area contributed by atoms with Gasteiger partial charge in [-0.3, -0.25) is 0 Å². The van der Waals surface area contributed by atoms with E-state index in [2.05, 4.69) is 10.3 Å². The first-order valence-electron chi connectivity index (χ1n) is 6.34. The minimum Gasteiger partial charge on any atom is -0.462 e. The van der Waals surface area contributed by atoms with Crippen molar-refractivity contribution in [1.29, 1.82) is 0 Å². The molecule has 0 atom stereocenters. The summed E-state index contributed by atoms with van der Waals surface area (Å²) < 4.78 is 29.3. The van der Waals surface area contributed by atoms with Crippen LogP contribution in [0.2, 0.25) is 0 Å². The van der Waals surface area contributed by atoms with Gasteiger partial charge in [-0.2, -0.15) is 0 Å². The number of carbonyl (C=O) groups excluding carboxylic acids is 1. The first kappa shape index (κ1) is 17.2. The Hall–Kier alpha value is -1.87. The number of nitrogen functional groups attached to an aromatic ring is 1. The summed E-state index contributed by atoms with van der Waals surface area (Å²) in [6.45, 7) is 2.03. The number of rotatable bonds is 7. The second-order valence-electron chi connectivity index (χ2n) is 4.41. The highest BCUT2D eigenvalue weighted by atomic mass is 32.2. The van der Waals surface area contributed by atoms with Crippen molar-refractivity contribution in [3.63, 3.8) is 0 Å². The summed E-state index contributed by atoms with van der Waals surface area (Å²) in [6, 6.07) is 1.44. The smallest absolute Gasteiger partial charge is 0.341 e. The van der Waals surface area contributed by atoms with Crippen LogP contribution in [-0.2, 0) is 14.8 Å². The number of esters is 1. The average Bonchev–Trinajstić information content (AvgIpc) is 2.40. The number of nitrogens with one attached hydrogen (secondary N) is 1. The fourth-order valence-corrected chi connectivity index (χ4v) is 2.19. The van der Waals surface area contributed by atoms with Crippen LogP contribution < -0.4 is 11.1 Å². The lowest BCUT2D eigenvalue weighted by Crippen LogP contribution is -2.29. The maximum Gasteiger partial charge on any atom is 0.341 e. The van der Waals surface area contributed by atoms with Crippen molar-refractivity contribution in [3.8, 4) is 0 Å². The van der Waals surface area contributed by atoms with Crippen molar-refractivity contribution in [1.82, 2.24) is 9.29 Å². The lowest BCUT2D eigenvalue weighted by molar-refractivity contribution is 0.0527. The Morgan fingerprint density at radius 3 is 2.71 bits per heavy atom. The van der Waals surface area contributed by atoms with Gasteiger partial charge in [0.25, 0.3) is 0 Å². The summed E-state index contributed by atoms with van der Waals surface area (Å²) in [7, 11) is -0.399. The Bertz CT molecular complexity index is 601. The first-order valence-corrected chi connectivity index (χ1v) is 7.95. The molecule has 1 rings (SSSR count). The van der Waals surface area contributed by atoms with E-state index in [9.17, 15) is 13.2 Å². The normalized spacial score (nSPS) is 11.4. The number of pyridine rings is 1. The Morgan fingerprint density at radius 1 is 1.48 bits per heavy atom. The van der Waals surface area contributed by atoms with E-state index in [1.807, 2.05) is 0 Å². The Balaban J connectivity index is 2.82. The summed E-state index contributed by atoms with van der Waals surface area (Å²) in [5, 5.41) is 2.82. The molecule has 0 aliphatic rings. The molecule has 0 fully saturated rings. The Kier molecular flexibility index (Phi) is 5.91. The van der Waals surface area contributed by atoms with Crippen molar-refractivity contribution in [2.75, 3.05) is 44.1 Å². The van der Waals surface area contributed by atoms with Gasteiger partial charge in [0, 0.05) is 20.6 Å². The molecule has 0 spiro atoms. The van der Waals surface area contributed by atoms with Crippen molar-refractivity contribution < 1.29 is 17.9 Å². The average molecular weight is 316 g/mol. The molecule has 0 aromatic carbocycles. The minimum absolute atomic E-state index is 0.115. The summed E-state index contributed by atoms with van der Waals surface area (Å²) in [6.07, 6.45) is 1.38. The molecule has 1 aromatic rings. The highest BCUT2D eigenvalue weighted by molar-refractivity contribution is 7.89. The van der Waals surface area contributed by atoms with E-state index in [1.54, 1.807) is 6.92 Å². The van der Waals surface area contributed by atoms with Gasteiger partial charge in [-0.25, -0.2) is 22.5 Å². The molecule has 0 saturated carbocycles. The predicted octanol–water partition coefficient (Wildman–Crippen LogP) is 0.144. The van der Waals surface area contributed by atoms with Crippen molar-refractivity contribution in [2.45, 2.75) is 6.92 Å². The molecule has 0 unspecified atom stereocenters. The van der Waals surface area contributed by atoms with E-state index in [0.29, 0.717) is 5.69 Å². The molecule has 3 N–H and O–H groups in total. The van der Waals surface area contributed by atoms with Crippen molar-refractivity contribution in [2.24, 2.45) is 0 Å². The minimum atomic E-state index is -3.32. The maximum absolute atomic E-state index is 11.8. The molecule has 0 aliphatic heterocycles. The molecule has 8 nitrogen and oxygen atoms in total. The number of nitrogens with zero attached hydrogens (tertiary/aromatic N) is 2. The number of carbonyl (C=O) groups is 1. The van der Waals surface area contributed by atoms with Crippen LogP contribution >= 0.6 is 0 Å². The zero-order valence-corrected chi connectivity index (χ0v) is 13.1. The third kappa shape index (κ3) is 4.87. The first-order chi connectivity index (χ1) is 9.77. The van der Waals surface area contributed by atoms with Crippen LogP contribution in [0.1, 0.15) is 17.3 Å². The van der Waals surface area contributed by atoms with Crippen LogP contribution in [-0.4, -0.2) is 56.7 Å². The Morgan fingerprint density at radius 2 is 2.14 bits per heavy atom. The second kappa shape index (κ2) is 7.23. The standard InChI is InChI=1S/C12H20N4O4S/c1-4-20-12(17)10-7-9(13)8-15-11(10)14-5-6-21(18,19)16(2)3/h7-8H,4-6,13H2,1-3H3,(H,14,15). The highest BCUT2D eigenvalue weighted by Gasteiger charge is 2.17. The lowest BCUT2D eigenvalue weighted by atomic mass is 10.2. The molecule has 0 radical (unpaired) electrons. The third-order valence-electron chi connectivity index (χ3n) is 2.61. The largest absolute Gasteiger partial charge is 0.462 e.